The van der Waals surface area contributed by atoms with Gasteiger partial charge in [-0.1, -0.05) is 0 Å². The molecule has 17 heavy (non-hydrogen) atoms. The summed E-state index contributed by atoms with van der Waals surface area (Å²) in [4.78, 5) is 15.9. The van der Waals surface area contributed by atoms with Gasteiger partial charge in [0.05, 0.1) is 17.7 Å². The minimum Gasteiger partial charge on any atom is -0.365 e. The average Bonchev–Trinajstić information content (AvgIpc) is 2.72. The van der Waals surface area contributed by atoms with E-state index in [0.29, 0.717) is 5.95 Å². The highest BCUT2D eigenvalue weighted by Gasteiger charge is 2.03. The second kappa shape index (κ2) is 5.09. The van der Waals surface area contributed by atoms with E-state index in [9.17, 15) is 0 Å². The SMILES string of the molecule is Cc1ncsc1CNc1ccnc(N(C)C)n1. The number of rotatable bonds is 4. The second-order valence-corrected chi connectivity index (χ2v) is 4.79. The smallest absolute Gasteiger partial charge is 0.226 e. The monoisotopic (exact) mass is 249 g/mol. The molecule has 2 heterocycles. The van der Waals surface area contributed by atoms with Crippen LogP contribution in [-0.4, -0.2) is 29.0 Å². The van der Waals surface area contributed by atoms with Gasteiger partial charge in [0, 0.05) is 25.2 Å². The molecule has 0 unspecified atom stereocenters. The Hall–Kier alpha value is -1.69. The molecule has 6 heteroatoms. The zero-order chi connectivity index (χ0) is 12.3. The Morgan fingerprint density at radius 2 is 2.18 bits per heavy atom. The van der Waals surface area contributed by atoms with Gasteiger partial charge in [-0.3, -0.25) is 0 Å². The van der Waals surface area contributed by atoms with Crippen molar-refractivity contribution in [3.8, 4) is 0 Å². The highest BCUT2D eigenvalue weighted by Crippen LogP contribution is 2.14. The van der Waals surface area contributed by atoms with Gasteiger partial charge in [-0.15, -0.1) is 11.3 Å². The first-order valence-electron chi connectivity index (χ1n) is 5.30. The van der Waals surface area contributed by atoms with E-state index in [2.05, 4.69) is 20.3 Å². The van der Waals surface area contributed by atoms with Crippen LogP contribution in [0.2, 0.25) is 0 Å². The minimum atomic E-state index is 0.705. The zero-order valence-electron chi connectivity index (χ0n) is 10.1. The van der Waals surface area contributed by atoms with Gasteiger partial charge in [0.1, 0.15) is 5.82 Å². The third-order valence-corrected chi connectivity index (χ3v) is 3.25. The maximum absolute atomic E-state index is 4.39. The molecule has 0 spiro atoms. The van der Waals surface area contributed by atoms with E-state index in [1.807, 2.05) is 37.5 Å². The number of nitrogens with one attached hydrogen (secondary N) is 1. The van der Waals surface area contributed by atoms with E-state index >= 15 is 0 Å². The van der Waals surface area contributed by atoms with E-state index < -0.39 is 0 Å². The minimum absolute atomic E-state index is 0.705. The van der Waals surface area contributed by atoms with Gasteiger partial charge >= 0.3 is 0 Å². The van der Waals surface area contributed by atoms with Crippen LogP contribution < -0.4 is 10.2 Å². The molecule has 0 aromatic carbocycles. The molecule has 0 atom stereocenters. The maximum atomic E-state index is 4.39. The number of nitrogens with zero attached hydrogens (tertiary/aromatic N) is 4. The molecule has 2 aromatic rings. The molecule has 0 aliphatic rings. The highest BCUT2D eigenvalue weighted by molar-refractivity contribution is 7.09. The van der Waals surface area contributed by atoms with E-state index in [1.54, 1.807) is 17.5 Å². The standard InChI is InChI=1S/C11H15N5S/c1-8-9(17-7-14-8)6-13-10-4-5-12-11(15-10)16(2)3/h4-5,7H,6H2,1-3H3,(H,12,13,15). The summed E-state index contributed by atoms with van der Waals surface area (Å²) in [6.07, 6.45) is 1.75. The first-order chi connectivity index (χ1) is 8.16. The van der Waals surface area contributed by atoms with Crippen molar-refractivity contribution in [1.29, 1.82) is 0 Å². The summed E-state index contributed by atoms with van der Waals surface area (Å²) in [7, 11) is 3.85. The molecule has 0 aliphatic heterocycles. The largest absolute Gasteiger partial charge is 0.365 e. The van der Waals surface area contributed by atoms with E-state index in [-0.39, 0.29) is 0 Å². The van der Waals surface area contributed by atoms with E-state index in [4.69, 9.17) is 0 Å². The lowest BCUT2D eigenvalue weighted by Gasteiger charge is -2.11. The summed E-state index contributed by atoms with van der Waals surface area (Å²) >= 11 is 1.65. The fourth-order valence-electron chi connectivity index (χ4n) is 1.33. The Morgan fingerprint density at radius 1 is 1.35 bits per heavy atom. The molecule has 5 nitrogen and oxygen atoms in total. The van der Waals surface area contributed by atoms with Gasteiger partial charge < -0.3 is 10.2 Å². The predicted molar refractivity (Wildman–Crippen MR) is 70.5 cm³/mol. The molecule has 0 radical (unpaired) electrons. The van der Waals surface area contributed by atoms with Crippen molar-refractivity contribution >= 4 is 23.1 Å². The van der Waals surface area contributed by atoms with E-state index in [0.717, 1.165) is 18.1 Å². The van der Waals surface area contributed by atoms with Gasteiger partial charge in [0.2, 0.25) is 5.95 Å². The fourth-order valence-corrected chi connectivity index (χ4v) is 2.05. The number of hydrogen-bond acceptors (Lipinski definition) is 6. The Balaban J connectivity index is 2.04. The van der Waals surface area contributed by atoms with Crippen molar-refractivity contribution in [3.05, 3.63) is 28.3 Å². The van der Waals surface area contributed by atoms with E-state index in [1.165, 1.54) is 4.88 Å². The lowest BCUT2D eigenvalue weighted by Crippen LogP contribution is -2.13. The summed E-state index contributed by atoms with van der Waals surface area (Å²) < 4.78 is 0. The molecular weight excluding hydrogens is 234 g/mol. The number of hydrogen-bond donors (Lipinski definition) is 1. The Kier molecular flexibility index (Phi) is 3.53. The predicted octanol–water partition coefficient (Wildman–Crippen LogP) is 1.92. The number of aromatic nitrogens is 3. The molecule has 1 N–H and O–H groups in total. The van der Waals surface area contributed by atoms with Crippen LogP contribution in [-0.2, 0) is 6.54 Å². The number of anilines is 2. The van der Waals surface area contributed by atoms with Crippen LogP contribution in [0.1, 0.15) is 10.6 Å². The molecular formula is C11H15N5S. The molecule has 0 saturated carbocycles. The third kappa shape index (κ3) is 2.91. The second-order valence-electron chi connectivity index (χ2n) is 3.85. The van der Waals surface area contributed by atoms with Crippen LogP contribution in [0.5, 0.6) is 0 Å². The van der Waals surface area contributed by atoms with Crippen LogP contribution in [0.4, 0.5) is 11.8 Å². The molecule has 0 fully saturated rings. The first-order valence-corrected chi connectivity index (χ1v) is 6.18. The lowest BCUT2D eigenvalue weighted by atomic mass is 10.4. The van der Waals surface area contributed by atoms with Gasteiger partial charge in [-0.05, 0) is 13.0 Å². The normalized spacial score (nSPS) is 10.3. The molecule has 0 bridgehead atoms. The van der Waals surface area contributed by atoms with Gasteiger partial charge in [0.25, 0.3) is 0 Å². The highest BCUT2D eigenvalue weighted by atomic mass is 32.1. The van der Waals surface area contributed by atoms with Crippen LogP contribution in [0.25, 0.3) is 0 Å². The molecule has 2 rings (SSSR count). The zero-order valence-corrected chi connectivity index (χ0v) is 11.0. The summed E-state index contributed by atoms with van der Waals surface area (Å²) in [5.41, 5.74) is 2.93. The summed E-state index contributed by atoms with van der Waals surface area (Å²) in [6, 6.07) is 1.86. The number of thiazole rings is 1. The molecule has 0 amide bonds. The fraction of sp³-hybridized carbons (Fsp3) is 0.364. The Bertz CT molecular complexity index is 494. The Morgan fingerprint density at radius 3 is 2.82 bits per heavy atom. The van der Waals surface area contributed by atoms with Crippen LogP contribution >= 0.6 is 11.3 Å². The van der Waals surface area contributed by atoms with Crippen molar-refractivity contribution < 1.29 is 0 Å². The van der Waals surface area contributed by atoms with Crippen molar-refractivity contribution in [2.24, 2.45) is 0 Å². The molecule has 90 valence electrons. The van der Waals surface area contributed by atoms with Crippen LogP contribution in [0.3, 0.4) is 0 Å². The van der Waals surface area contributed by atoms with Crippen LogP contribution in [0, 0.1) is 6.92 Å². The average molecular weight is 249 g/mol. The topological polar surface area (TPSA) is 53.9 Å². The third-order valence-electron chi connectivity index (χ3n) is 2.32. The van der Waals surface area contributed by atoms with Crippen molar-refractivity contribution in [2.45, 2.75) is 13.5 Å². The van der Waals surface area contributed by atoms with Crippen molar-refractivity contribution in [1.82, 2.24) is 15.0 Å². The molecule has 2 aromatic heterocycles. The van der Waals surface area contributed by atoms with Gasteiger partial charge in [0.15, 0.2) is 0 Å². The summed E-state index contributed by atoms with van der Waals surface area (Å²) in [5, 5.41) is 3.28. The lowest BCUT2D eigenvalue weighted by molar-refractivity contribution is 0.988. The maximum Gasteiger partial charge on any atom is 0.226 e. The Labute approximate surface area is 105 Å². The van der Waals surface area contributed by atoms with Crippen LogP contribution in [0.15, 0.2) is 17.8 Å². The van der Waals surface area contributed by atoms with Crippen molar-refractivity contribution in [2.75, 3.05) is 24.3 Å². The van der Waals surface area contributed by atoms with Gasteiger partial charge in [-0.25, -0.2) is 9.97 Å². The van der Waals surface area contributed by atoms with Crippen molar-refractivity contribution in [3.63, 3.8) is 0 Å². The first kappa shape index (κ1) is 11.8. The molecule has 0 saturated heterocycles. The summed E-state index contributed by atoms with van der Waals surface area (Å²) in [6.45, 7) is 2.76. The van der Waals surface area contributed by atoms with Gasteiger partial charge in [-0.2, -0.15) is 4.98 Å². The summed E-state index contributed by atoms with van der Waals surface area (Å²) in [5.74, 6) is 1.53. The quantitative estimate of drug-likeness (QED) is 0.897. The molecule has 0 aliphatic carbocycles. The number of aryl methyl sites for hydroxylation is 1.